The van der Waals surface area contributed by atoms with Crippen molar-refractivity contribution in [3.8, 4) is 0 Å². The molecule has 118 valence electrons. The summed E-state index contributed by atoms with van der Waals surface area (Å²) in [6.45, 7) is 7.57. The Balaban J connectivity index is 2.56. The summed E-state index contributed by atoms with van der Waals surface area (Å²) in [4.78, 5) is 16.4. The first-order valence-electron chi connectivity index (χ1n) is 7.40. The number of amides is 1. The number of unbranched alkanes of at least 4 members (excludes halogenated alkanes) is 2. The zero-order valence-electron chi connectivity index (χ0n) is 13.5. The maximum Gasteiger partial charge on any atom is 0.251 e. The molecule has 21 heavy (non-hydrogen) atoms. The Labute approximate surface area is 127 Å². The lowest BCUT2D eigenvalue weighted by atomic mass is 9.90. The van der Waals surface area contributed by atoms with E-state index in [1.165, 1.54) is 0 Å². The molecular weight excluding hydrogens is 266 g/mol. The van der Waals surface area contributed by atoms with Crippen molar-refractivity contribution in [3.05, 3.63) is 23.4 Å². The molecule has 5 nitrogen and oxygen atoms in total. The van der Waals surface area contributed by atoms with Crippen LogP contribution in [0.1, 0.15) is 56.1 Å². The molecule has 0 saturated carbocycles. The van der Waals surface area contributed by atoms with Gasteiger partial charge in [-0.1, -0.05) is 20.8 Å². The largest absolute Gasteiger partial charge is 0.385 e. The average molecular weight is 293 g/mol. The highest BCUT2D eigenvalue weighted by molar-refractivity contribution is 5.94. The molecule has 0 aliphatic rings. The molecule has 0 bridgehead atoms. The molecule has 0 atom stereocenters. The van der Waals surface area contributed by atoms with E-state index in [-0.39, 0.29) is 11.3 Å². The van der Waals surface area contributed by atoms with Gasteiger partial charge >= 0.3 is 0 Å². The number of nitrogens with zero attached hydrogens (tertiary/aromatic N) is 1. The van der Waals surface area contributed by atoms with Crippen LogP contribution in [0.15, 0.2) is 12.1 Å². The predicted molar refractivity (Wildman–Crippen MR) is 85.4 cm³/mol. The summed E-state index contributed by atoms with van der Waals surface area (Å²) in [6, 6.07) is 3.44. The van der Waals surface area contributed by atoms with Gasteiger partial charge in [-0.3, -0.25) is 4.79 Å². The van der Waals surface area contributed by atoms with E-state index in [1.54, 1.807) is 13.2 Å². The van der Waals surface area contributed by atoms with Gasteiger partial charge in [0, 0.05) is 36.9 Å². The SMILES string of the molecule is COCCCCCNC(=O)c1cc(N)nc(C(C)(C)C)c1. The number of hydrogen-bond acceptors (Lipinski definition) is 4. The molecule has 1 rings (SSSR count). The fraction of sp³-hybridized carbons (Fsp3) is 0.625. The summed E-state index contributed by atoms with van der Waals surface area (Å²) in [7, 11) is 1.70. The minimum Gasteiger partial charge on any atom is -0.385 e. The summed E-state index contributed by atoms with van der Waals surface area (Å²) in [5.41, 5.74) is 7.06. The summed E-state index contributed by atoms with van der Waals surface area (Å²) >= 11 is 0. The van der Waals surface area contributed by atoms with Crippen molar-refractivity contribution >= 4 is 11.7 Å². The van der Waals surface area contributed by atoms with Crippen LogP contribution >= 0.6 is 0 Å². The molecule has 0 radical (unpaired) electrons. The highest BCUT2D eigenvalue weighted by Gasteiger charge is 2.18. The summed E-state index contributed by atoms with van der Waals surface area (Å²) < 4.78 is 4.99. The number of ether oxygens (including phenoxy) is 1. The molecule has 1 aromatic heterocycles. The first kappa shape index (κ1) is 17.4. The lowest BCUT2D eigenvalue weighted by Crippen LogP contribution is -2.26. The lowest BCUT2D eigenvalue weighted by molar-refractivity contribution is 0.0952. The summed E-state index contributed by atoms with van der Waals surface area (Å²) in [6.07, 6.45) is 3.00. The molecule has 0 aliphatic carbocycles. The lowest BCUT2D eigenvalue weighted by Gasteiger charge is -2.19. The topological polar surface area (TPSA) is 77.2 Å². The number of anilines is 1. The van der Waals surface area contributed by atoms with Crippen LogP contribution in [0.4, 0.5) is 5.82 Å². The van der Waals surface area contributed by atoms with Gasteiger partial charge in [0.25, 0.3) is 5.91 Å². The van der Waals surface area contributed by atoms with Gasteiger partial charge in [0.2, 0.25) is 0 Å². The van der Waals surface area contributed by atoms with Gasteiger partial charge in [0.05, 0.1) is 0 Å². The highest BCUT2D eigenvalue weighted by atomic mass is 16.5. The maximum absolute atomic E-state index is 12.1. The van der Waals surface area contributed by atoms with Gasteiger partial charge in [-0.2, -0.15) is 0 Å². The van der Waals surface area contributed by atoms with E-state index in [2.05, 4.69) is 10.3 Å². The fourth-order valence-electron chi connectivity index (χ4n) is 1.92. The Morgan fingerprint density at radius 3 is 2.62 bits per heavy atom. The molecule has 0 unspecified atom stereocenters. The second-order valence-electron chi connectivity index (χ2n) is 6.23. The molecular formula is C16H27N3O2. The monoisotopic (exact) mass is 293 g/mol. The van der Waals surface area contributed by atoms with E-state index < -0.39 is 0 Å². The van der Waals surface area contributed by atoms with Crippen LogP contribution in [0.5, 0.6) is 0 Å². The van der Waals surface area contributed by atoms with Gasteiger partial charge in [0.1, 0.15) is 5.82 Å². The van der Waals surface area contributed by atoms with Gasteiger partial charge in [-0.15, -0.1) is 0 Å². The van der Waals surface area contributed by atoms with Crippen LogP contribution in [0, 0.1) is 0 Å². The van der Waals surface area contributed by atoms with Crippen LogP contribution in [-0.2, 0) is 10.2 Å². The molecule has 0 fully saturated rings. The number of hydrogen-bond donors (Lipinski definition) is 2. The number of nitrogen functional groups attached to an aromatic ring is 1. The van der Waals surface area contributed by atoms with Crippen LogP contribution in [-0.4, -0.2) is 31.2 Å². The highest BCUT2D eigenvalue weighted by Crippen LogP contribution is 2.22. The molecule has 1 aromatic rings. The number of nitrogens with one attached hydrogen (secondary N) is 1. The van der Waals surface area contributed by atoms with E-state index in [0.717, 1.165) is 31.6 Å². The summed E-state index contributed by atoms with van der Waals surface area (Å²) in [5.74, 6) is 0.286. The molecule has 1 amide bonds. The van der Waals surface area contributed by atoms with E-state index in [9.17, 15) is 4.79 Å². The second kappa shape index (κ2) is 7.98. The average Bonchev–Trinajstić information content (AvgIpc) is 2.40. The van der Waals surface area contributed by atoms with Crippen molar-refractivity contribution in [2.24, 2.45) is 0 Å². The van der Waals surface area contributed by atoms with Crippen molar-refractivity contribution in [2.75, 3.05) is 26.0 Å². The molecule has 0 aromatic carbocycles. The predicted octanol–water partition coefficient (Wildman–Crippen LogP) is 2.51. The Bertz CT molecular complexity index is 467. The molecule has 0 saturated heterocycles. The Kier molecular flexibility index (Phi) is 6.62. The van der Waals surface area contributed by atoms with Gasteiger partial charge < -0.3 is 15.8 Å². The molecule has 0 aliphatic heterocycles. The summed E-state index contributed by atoms with van der Waals surface area (Å²) in [5, 5.41) is 2.92. The van der Waals surface area contributed by atoms with E-state index in [0.29, 0.717) is 17.9 Å². The van der Waals surface area contributed by atoms with Crippen molar-refractivity contribution in [1.82, 2.24) is 10.3 Å². The Hall–Kier alpha value is -1.62. The number of nitrogens with two attached hydrogens (primary N) is 1. The first-order chi connectivity index (χ1) is 9.84. The molecule has 5 heteroatoms. The molecule has 3 N–H and O–H groups in total. The maximum atomic E-state index is 12.1. The number of pyridine rings is 1. The zero-order valence-corrected chi connectivity index (χ0v) is 13.5. The Morgan fingerprint density at radius 2 is 2.00 bits per heavy atom. The van der Waals surface area contributed by atoms with Gasteiger partial charge in [0.15, 0.2) is 0 Å². The van der Waals surface area contributed by atoms with Crippen molar-refractivity contribution in [1.29, 1.82) is 0 Å². The third kappa shape index (κ3) is 6.12. The normalized spacial score (nSPS) is 11.4. The van der Waals surface area contributed by atoms with Crippen LogP contribution in [0.25, 0.3) is 0 Å². The zero-order chi connectivity index (χ0) is 15.9. The van der Waals surface area contributed by atoms with Crippen molar-refractivity contribution in [3.63, 3.8) is 0 Å². The van der Waals surface area contributed by atoms with E-state index in [4.69, 9.17) is 10.5 Å². The van der Waals surface area contributed by atoms with Crippen LogP contribution in [0.2, 0.25) is 0 Å². The number of aromatic nitrogens is 1. The minimum atomic E-state index is -0.134. The third-order valence-corrected chi connectivity index (χ3v) is 3.19. The second-order valence-corrected chi connectivity index (χ2v) is 6.23. The van der Waals surface area contributed by atoms with E-state index >= 15 is 0 Å². The number of carbonyl (C=O) groups excluding carboxylic acids is 1. The van der Waals surface area contributed by atoms with E-state index in [1.807, 2.05) is 26.8 Å². The fourth-order valence-corrected chi connectivity index (χ4v) is 1.92. The number of methoxy groups -OCH3 is 1. The van der Waals surface area contributed by atoms with Crippen LogP contribution < -0.4 is 11.1 Å². The quantitative estimate of drug-likeness (QED) is 0.757. The number of carbonyl (C=O) groups is 1. The van der Waals surface area contributed by atoms with Crippen molar-refractivity contribution < 1.29 is 9.53 Å². The molecule has 1 heterocycles. The molecule has 0 spiro atoms. The number of rotatable bonds is 7. The third-order valence-electron chi connectivity index (χ3n) is 3.19. The smallest absolute Gasteiger partial charge is 0.251 e. The minimum absolute atomic E-state index is 0.0960. The Morgan fingerprint density at radius 1 is 1.29 bits per heavy atom. The van der Waals surface area contributed by atoms with Crippen molar-refractivity contribution in [2.45, 2.75) is 45.4 Å². The first-order valence-corrected chi connectivity index (χ1v) is 7.40. The van der Waals surface area contributed by atoms with Gasteiger partial charge in [-0.05, 0) is 31.4 Å². The van der Waals surface area contributed by atoms with Crippen LogP contribution in [0.3, 0.4) is 0 Å². The van der Waals surface area contributed by atoms with Gasteiger partial charge in [-0.25, -0.2) is 4.98 Å². The standard InChI is InChI=1S/C16H27N3O2/c1-16(2,3)13-10-12(11-14(17)19-13)15(20)18-8-6-5-7-9-21-4/h10-11H,5-9H2,1-4H3,(H2,17,19)(H,18,20).